The normalized spacial score (nSPS) is 11.5. The fourth-order valence-corrected chi connectivity index (χ4v) is 5.95. The third-order valence-electron chi connectivity index (χ3n) is 8.04. The topological polar surface area (TPSA) is 51.8 Å². The Morgan fingerprint density at radius 1 is 0.535 bits per heavy atom. The summed E-state index contributed by atoms with van der Waals surface area (Å²) in [5.74, 6) is 1.46. The number of benzene rings is 6. The molecule has 2 aromatic heterocycles. The molecule has 0 amide bonds. The highest BCUT2D eigenvalue weighted by Gasteiger charge is 2.16. The van der Waals surface area contributed by atoms with E-state index in [9.17, 15) is 0 Å². The van der Waals surface area contributed by atoms with Crippen LogP contribution < -0.4 is 0 Å². The van der Waals surface area contributed by atoms with E-state index in [1.165, 1.54) is 10.8 Å². The van der Waals surface area contributed by atoms with E-state index in [0.29, 0.717) is 5.82 Å². The molecule has 4 nitrogen and oxygen atoms in total. The van der Waals surface area contributed by atoms with Crippen LogP contribution in [0.25, 0.3) is 77.7 Å². The van der Waals surface area contributed by atoms with Gasteiger partial charge in [-0.15, -0.1) is 0 Å². The second-order valence-electron chi connectivity index (χ2n) is 10.7. The molecule has 8 aromatic rings. The zero-order chi connectivity index (χ0) is 28.8. The van der Waals surface area contributed by atoms with Gasteiger partial charge in [-0.25, -0.2) is 15.0 Å². The van der Waals surface area contributed by atoms with Crippen LogP contribution >= 0.6 is 0 Å². The Balaban J connectivity index is 1.32. The first-order valence-electron chi connectivity index (χ1n) is 14.6. The van der Waals surface area contributed by atoms with Crippen molar-refractivity contribution in [2.24, 2.45) is 0 Å². The van der Waals surface area contributed by atoms with Gasteiger partial charge in [-0.2, -0.15) is 0 Å². The highest BCUT2D eigenvalue weighted by atomic mass is 16.3. The van der Waals surface area contributed by atoms with Crippen molar-refractivity contribution in [1.82, 2.24) is 15.0 Å². The van der Waals surface area contributed by atoms with E-state index in [1.807, 2.05) is 30.3 Å². The summed E-state index contributed by atoms with van der Waals surface area (Å²) in [6, 6.07) is 46.4. The quantitative estimate of drug-likeness (QED) is 0.213. The van der Waals surface area contributed by atoms with E-state index in [2.05, 4.69) is 115 Å². The number of aromatic nitrogens is 3. The lowest BCUT2D eigenvalue weighted by Gasteiger charge is -2.15. The molecule has 0 unspecified atom stereocenters. The van der Waals surface area contributed by atoms with Gasteiger partial charge in [0.15, 0.2) is 17.3 Å². The summed E-state index contributed by atoms with van der Waals surface area (Å²) in [6.07, 6.45) is 0.763. The Bertz CT molecular complexity index is 2290. The third-order valence-corrected chi connectivity index (χ3v) is 8.04. The Kier molecular flexibility index (Phi) is 6.04. The lowest BCUT2D eigenvalue weighted by molar-refractivity contribution is 0.538. The minimum absolute atomic E-state index is 0.705. The van der Waals surface area contributed by atoms with Gasteiger partial charge in [-0.3, -0.25) is 0 Å². The second-order valence-corrected chi connectivity index (χ2v) is 10.7. The van der Waals surface area contributed by atoms with E-state index < -0.39 is 0 Å². The average Bonchev–Trinajstić information content (AvgIpc) is 3.50. The zero-order valence-corrected chi connectivity index (χ0v) is 23.7. The molecule has 0 saturated carbocycles. The molecular formula is C39H27N3O. The van der Waals surface area contributed by atoms with E-state index in [0.717, 1.165) is 73.4 Å². The number of oxazole rings is 1. The average molecular weight is 554 g/mol. The smallest absolute Gasteiger partial charge is 0.195 e. The van der Waals surface area contributed by atoms with Crippen LogP contribution in [-0.4, -0.2) is 15.0 Å². The summed E-state index contributed by atoms with van der Waals surface area (Å²) in [6.45, 7) is 2.06. The minimum Gasteiger partial charge on any atom is -0.441 e. The summed E-state index contributed by atoms with van der Waals surface area (Å²) in [5, 5.41) is 3.42. The van der Waals surface area contributed by atoms with Crippen molar-refractivity contribution in [2.45, 2.75) is 13.3 Å². The Morgan fingerprint density at radius 2 is 1.30 bits per heavy atom. The van der Waals surface area contributed by atoms with Gasteiger partial charge in [0, 0.05) is 22.9 Å². The molecule has 4 heteroatoms. The fourth-order valence-electron chi connectivity index (χ4n) is 5.95. The molecule has 0 aliphatic rings. The molecule has 6 aromatic carbocycles. The lowest BCUT2D eigenvalue weighted by atomic mass is 9.89. The highest BCUT2D eigenvalue weighted by molar-refractivity contribution is 6.05. The van der Waals surface area contributed by atoms with Gasteiger partial charge in [0.05, 0.1) is 11.2 Å². The summed E-state index contributed by atoms with van der Waals surface area (Å²) >= 11 is 0. The fraction of sp³-hybridized carbons (Fsp3) is 0.0513. The van der Waals surface area contributed by atoms with Crippen molar-refractivity contribution < 1.29 is 4.42 Å². The first-order chi connectivity index (χ1) is 21.2. The molecular weight excluding hydrogens is 526 g/mol. The first kappa shape index (κ1) is 25.1. The molecule has 0 fully saturated rings. The Morgan fingerprint density at radius 3 is 2.19 bits per heavy atom. The molecule has 0 radical (unpaired) electrons. The molecule has 0 saturated heterocycles. The Labute approximate surface area is 249 Å². The summed E-state index contributed by atoms with van der Waals surface area (Å²) < 4.78 is 6.07. The van der Waals surface area contributed by atoms with Gasteiger partial charge in [-0.05, 0) is 57.3 Å². The van der Waals surface area contributed by atoms with Crippen LogP contribution in [0.5, 0.6) is 0 Å². The summed E-state index contributed by atoms with van der Waals surface area (Å²) in [4.78, 5) is 14.8. The van der Waals surface area contributed by atoms with E-state index >= 15 is 0 Å². The standard InChI is InChI=1S/C39H27N3O/c1-2-36-40-34-22-20-28(24-35(34)43-36)37-30-16-7-6-11-25(30)19-21-31(37)27-14-10-15-29(23-27)39-41-33-18-9-8-17-32(33)38(42-39)26-12-4-3-5-13-26/h3-24H,2H2,1H3. The number of aryl methyl sites for hydroxylation is 1. The monoisotopic (exact) mass is 553 g/mol. The van der Waals surface area contributed by atoms with Crippen molar-refractivity contribution in [1.29, 1.82) is 0 Å². The number of rotatable bonds is 5. The summed E-state index contributed by atoms with van der Waals surface area (Å²) in [7, 11) is 0. The van der Waals surface area contributed by atoms with Crippen LogP contribution in [0.1, 0.15) is 12.8 Å². The van der Waals surface area contributed by atoms with Gasteiger partial charge in [-0.1, -0.05) is 116 Å². The van der Waals surface area contributed by atoms with Crippen molar-refractivity contribution >= 4 is 32.8 Å². The maximum absolute atomic E-state index is 6.07. The molecule has 0 N–H and O–H groups in total. The number of hydrogen-bond donors (Lipinski definition) is 0. The highest BCUT2D eigenvalue weighted by Crippen LogP contribution is 2.40. The largest absolute Gasteiger partial charge is 0.441 e. The molecule has 2 heterocycles. The molecule has 204 valence electrons. The van der Waals surface area contributed by atoms with E-state index in [1.54, 1.807) is 0 Å². The zero-order valence-electron chi connectivity index (χ0n) is 23.7. The first-order valence-corrected chi connectivity index (χ1v) is 14.6. The molecule has 0 aliphatic heterocycles. The van der Waals surface area contributed by atoms with Gasteiger partial charge in [0.25, 0.3) is 0 Å². The van der Waals surface area contributed by atoms with Crippen molar-refractivity contribution in [2.75, 3.05) is 0 Å². The Hall–Kier alpha value is -5.61. The van der Waals surface area contributed by atoms with E-state index in [-0.39, 0.29) is 0 Å². The lowest BCUT2D eigenvalue weighted by Crippen LogP contribution is -1.95. The number of para-hydroxylation sites is 1. The number of fused-ring (bicyclic) bond motifs is 3. The van der Waals surface area contributed by atoms with Gasteiger partial charge in [0.1, 0.15) is 5.52 Å². The molecule has 0 atom stereocenters. The van der Waals surface area contributed by atoms with Crippen LogP contribution in [0, 0.1) is 0 Å². The summed E-state index contributed by atoms with van der Waals surface area (Å²) in [5.41, 5.74) is 10.1. The van der Waals surface area contributed by atoms with E-state index in [4.69, 9.17) is 14.4 Å². The number of hydrogen-bond acceptors (Lipinski definition) is 4. The van der Waals surface area contributed by atoms with Gasteiger partial charge >= 0.3 is 0 Å². The van der Waals surface area contributed by atoms with Crippen LogP contribution in [0.2, 0.25) is 0 Å². The van der Waals surface area contributed by atoms with Crippen LogP contribution in [0.3, 0.4) is 0 Å². The number of nitrogens with zero attached hydrogens (tertiary/aromatic N) is 3. The van der Waals surface area contributed by atoms with Crippen molar-refractivity contribution in [3.05, 3.63) is 139 Å². The van der Waals surface area contributed by atoms with Gasteiger partial charge in [0.2, 0.25) is 0 Å². The molecule has 0 bridgehead atoms. The van der Waals surface area contributed by atoms with Crippen LogP contribution in [-0.2, 0) is 6.42 Å². The van der Waals surface area contributed by atoms with Crippen molar-refractivity contribution in [3.63, 3.8) is 0 Å². The minimum atomic E-state index is 0.705. The molecule has 43 heavy (non-hydrogen) atoms. The second kappa shape index (κ2) is 10.3. The molecule has 0 aliphatic carbocycles. The molecule has 0 spiro atoms. The predicted molar refractivity (Wildman–Crippen MR) is 176 cm³/mol. The SMILES string of the molecule is CCc1nc2ccc(-c3c(-c4cccc(-c5nc(-c6ccccc6)c6ccccc6n5)c4)ccc4ccccc34)cc2o1. The molecule has 8 rings (SSSR count). The van der Waals surface area contributed by atoms with Crippen LogP contribution in [0.4, 0.5) is 0 Å². The van der Waals surface area contributed by atoms with Crippen molar-refractivity contribution in [3.8, 4) is 44.9 Å². The van der Waals surface area contributed by atoms with Gasteiger partial charge < -0.3 is 4.42 Å². The predicted octanol–water partition coefficient (Wildman–Crippen LogP) is 10.2. The maximum Gasteiger partial charge on any atom is 0.195 e. The third kappa shape index (κ3) is 4.45. The maximum atomic E-state index is 6.07. The van der Waals surface area contributed by atoms with Crippen LogP contribution in [0.15, 0.2) is 138 Å².